The molecule has 39 heavy (non-hydrogen) atoms. The van der Waals surface area contributed by atoms with E-state index in [0.29, 0.717) is 17.6 Å². The van der Waals surface area contributed by atoms with Gasteiger partial charge in [-0.1, -0.05) is 13.3 Å². The first-order chi connectivity index (χ1) is 18.4. The van der Waals surface area contributed by atoms with Gasteiger partial charge in [-0.25, -0.2) is 4.79 Å². The lowest BCUT2D eigenvalue weighted by Gasteiger charge is -2.44. The van der Waals surface area contributed by atoms with Crippen molar-refractivity contribution < 1.29 is 52.0 Å². The number of ether oxygens (including phenoxy) is 6. The molecule has 2 aromatic rings. The summed E-state index contributed by atoms with van der Waals surface area (Å²) in [6.45, 7) is 7.88. The van der Waals surface area contributed by atoms with E-state index < -0.39 is 60.2 Å². The number of hydrogen-bond acceptors (Lipinski definition) is 12. The Bertz CT molecular complexity index is 1300. The highest BCUT2D eigenvalue weighted by atomic mass is 16.7. The third kappa shape index (κ3) is 7.34. The summed E-state index contributed by atoms with van der Waals surface area (Å²) in [6.07, 6.45) is -5.15. The van der Waals surface area contributed by atoms with Gasteiger partial charge in [-0.05, 0) is 31.0 Å². The van der Waals surface area contributed by atoms with Crippen LogP contribution in [0.3, 0.4) is 0 Å². The molecule has 0 amide bonds. The fourth-order valence-electron chi connectivity index (χ4n) is 4.42. The second-order valence-corrected chi connectivity index (χ2v) is 9.09. The molecule has 1 saturated heterocycles. The maximum absolute atomic E-state index is 12.2. The summed E-state index contributed by atoms with van der Waals surface area (Å²) in [5, 5.41) is 0.739. The number of benzene rings is 1. The predicted octanol–water partition coefficient (Wildman–Crippen LogP) is 2.52. The van der Waals surface area contributed by atoms with Crippen molar-refractivity contribution in [2.24, 2.45) is 0 Å². The molecule has 1 fully saturated rings. The zero-order valence-corrected chi connectivity index (χ0v) is 22.6. The van der Waals surface area contributed by atoms with Crippen LogP contribution in [0.5, 0.6) is 5.75 Å². The average molecular weight is 549 g/mol. The quantitative estimate of drug-likeness (QED) is 0.257. The molecule has 1 aromatic carbocycles. The molecular weight excluding hydrogens is 516 g/mol. The van der Waals surface area contributed by atoms with Gasteiger partial charge >= 0.3 is 29.5 Å². The van der Waals surface area contributed by atoms with Gasteiger partial charge in [0.05, 0.1) is 0 Å². The molecule has 0 N–H and O–H groups in total. The van der Waals surface area contributed by atoms with Crippen molar-refractivity contribution in [3.63, 3.8) is 0 Å². The Morgan fingerprint density at radius 3 is 2.08 bits per heavy atom. The van der Waals surface area contributed by atoms with Gasteiger partial charge < -0.3 is 32.8 Å². The molecule has 12 heteroatoms. The highest BCUT2D eigenvalue weighted by molar-refractivity contribution is 5.85. The molecule has 1 aliphatic rings. The molecule has 3 rings (SSSR count). The van der Waals surface area contributed by atoms with Crippen molar-refractivity contribution in [2.75, 3.05) is 6.61 Å². The highest BCUT2D eigenvalue weighted by Gasteiger charge is 2.53. The van der Waals surface area contributed by atoms with E-state index in [1.54, 1.807) is 19.1 Å². The molecule has 12 nitrogen and oxygen atoms in total. The normalized spacial score (nSPS) is 22.6. The smallest absolute Gasteiger partial charge is 0.336 e. The van der Waals surface area contributed by atoms with E-state index in [0.717, 1.165) is 38.1 Å². The van der Waals surface area contributed by atoms with Crippen molar-refractivity contribution in [3.8, 4) is 5.75 Å². The van der Waals surface area contributed by atoms with E-state index in [-0.39, 0.29) is 12.4 Å². The fraction of sp³-hybridized carbons (Fsp3) is 0.519. The first kappa shape index (κ1) is 29.6. The first-order valence-electron chi connectivity index (χ1n) is 12.4. The highest BCUT2D eigenvalue weighted by Crippen LogP contribution is 2.34. The lowest BCUT2D eigenvalue weighted by Crippen LogP contribution is -2.63. The van der Waals surface area contributed by atoms with Gasteiger partial charge in [0.2, 0.25) is 12.4 Å². The first-order valence-corrected chi connectivity index (χ1v) is 12.4. The van der Waals surface area contributed by atoms with Gasteiger partial charge in [0.25, 0.3) is 0 Å². The SMILES string of the molecule is CCCc1cc(=O)oc2c(C)c(OC3OC(COC(C)=O)C(OC(C)=O)C(OC(C)=O)C3OC(C)=O)ccc12. The maximum Gasteiger partial charge on any atom is 0.336 e. The summed E-state index contributed by atoms with van der Waals surface area (Å²) >= 11 is 0. The Morgan fingerprint density at radius 1 is 0.872 bits per heavy atom. The number of hydrogen-bond donors (Lipinski definition) is 0. The zero-order valence-electron chi connectivity index (χ0n) is 22.6. The van der Waals surface area contributed by atoms with Crippen LogP contribution in [0.25, 0.3) is 11.0 Å². The van der Waals surface area contributed by atoms with E-state index in [9.17, 15) is 24.0 Å². The number of esters is 4. The number of rotatable bonds is 9. The Hall–Kier alpha value is -3.93. The van der Waals surface area contributed by atoms with Crippen LogP contribution in [0.2, 0.25) is 0 Å². The van der Waals surface area contributed by atoms with Crippen LogP contribution in [-0.2, 0) is 49.3 Å². The standard InChI is InChI=1S/C27H32O12/c1-7-8-18-11-22(32)39-23-13(2)20(10-9-19(18)23)37-27-26(36-17(6)31)25(35-16(5)30)24(34-15(4)29)21(38-27)12-33-14(3)28/h9-11,21,24-27H,7-8,12H2,1-6H3. The molecule has 0 saturated carbocycles. The van der Waals surface area contributed by atoms with Crippen LogP contribution in [0, 0.1) is 6.92 Å². The third-order valence-corrected chi connectivity index (χ3v) is 5.91. The molecule has 2 heterocycles. The topological polar surface area (TPSA) is 154 Å². The molecule has 0 spiro atoms. The van der Waals surface area contributed by atoms with E-state index in [4.69, 9.17) is 32.8 Å². The van der Waals surface area contributed by atoms with E-state index in [1.807, 2.05) is 6.92 Å². The summed E-state index contributed by atoms with van der Waals surface area (Å²) in [4.78, 5) is 59.7. The zero-order chi connectivity index (χ0) is 28.9. The molecule has 5 unspecified atom stereocenters. The maximum atomic E-state index is 12.2. The van der Waals surface area contributed by atoms with E-state index in [2.05, 4.69) is 0 Å². The third-order valence-electron chi connectivity index (χ3n) is 5.91. The summed E-state index contributed by atoms with van der Waals surface area (Å²) in [5.41, 5.74) is 1.09. The van der Waals surface area contributed by atoms with Gasteiger partial charge in [0.15, 0.2) is 12.2 Å². The van der Waals surface area contributed by atoms with Gasteiger partial charge in [-0.15, -0.1) is 0 Å². The molecule has 0 aliphatic carbocycles. The summed E-state index contributed by atoms with van der Waals surface area (Å²) < 4.78 is 38.9. The van der Waals surface area contributed by atoms with Crippen LogP contribution >= 0.6 is 0 Å². The molecule has 0 radical (unpaired) electrons. The van der Waals surface area contributed by atoms with Crippen LogP contribution in [0.15, 0.2) is 27.4 Å². The number of aryl methyl sites for hydroxylation is 2. The summed E-state index contributed by atoms with van der Waals surface area (Å²) in [6, 6.07) is 4.83. The molecular formula is C27H32O12. The minimum Gasteiger partial charge on any atom is -0.463 e. The van der Waals surface area contributed by atoms with Crippen molar-refractivity contribution in [3.05, 3.63) is 39.7 Å². The lowest BCUT2D eigenvalue weighted by molar-refractivity contribution is -0.288. The van der Waals surface area contributed by atoms with Crippen LogP contribution < -0.4 is 10.4 Å². The largest absolute Gasteiger partial charge is 0.463 e. The monoisotopic (exact) mass is 548 g/mol. The lowest BCUT2D eigenvalue weighted by atomic mass is 9.98. The molecule has 5 atom stereocenters. The van der Waals surface area contributed by atoms with Crippen molar-refractivity contribution in [2.45, 2.75) is 85.1 Å². The van der Waals surface area contributed by atoms with Gasteiger partial charge in [-0.3, -0.25) is 19.2 Å². The second kappa shape index (κ2) is 12.7. The van der Waals surface area contributed by atoms with Crippen LogP contribution in [0.1, 0.15) is 52.2 Å². The van der Waals surface area contributed by atoms with Crippen LogP contribution in [0.4, 0.5) is 0 Å². The van der Waals surface area contributed by atoms with Gasteiger partial charge in [0, 0.05) is 44.7 Å². The Labute approximate surface area is 224 Å². The van der Waals surface area contributed by atoms with Crippen molar-refractivity contribution >= 4 is 34.8 Å². The summed E-state index contributed by atoms with van der Waals surface area (Å²) in [5.74, 6) is -2.65. The predicted molar refractivity (Wildman–Crippen MR) is 134 cm³/mol. The van der Waals surface area contributed by atoms with Gasteiger partial charge in [-0.2, -0.15) is 0 Å². The minimum absolute atomic E-state index is 0.222. The molecule has 212 valence electrons. The van der Waals surface area contributed by atoms with E-state index in [1.165, 1.54) is 13.0 Å². The Morgan fingerprint density at radius 2 is 1.49 bits per heavy atom. The average Bonchev–Trinajstić information content (AvgIpc) is 2.83. The number of carbonyl (C=O) groups excluding carboxylic acids is 4. The number of carbonyl (C=O) groups is 4. The summed E-state index contributed by atoms with van der Waals surface area (Å²) in [7, 11) is 0. The molecule has 0 bridgehead atoms. The Kier molecular flexibility index (Phi) is 9.68. The van der Waals surface area contributed by atoms with Crippen molar-refractivity contribution in [1.29, 1.82) is 0 Å². The minimum atomic E-state index is -1.41. The van der Waals surface area contributed by atoms with Gasteiger partial charge in [0.1, 0.15) is 24.0 Å². The Balaban J connectivity index is 2.08. The van der Waals surface area contributed by atoms with E-state index >= 15 is 0 Å². The van der Waals surface area contributed by atoms with Crippen molar-refractivity contribution in [1.82, 2.24) is 0 Å². The van der Waals surface area contributed by atoms with Crippen LogP contribution in [-0.4, -0.2) is 61.2 Å². The fourth-order valence-corrected chi connectivity index (χ4v) is 4.42. The number of fused-ring (bicyclic) bond motifs is 1. The molecule has 1 aliphatic heterocycles. The second-order valence-electron chi connectivity index (χ2n) is 9.09. The molecule has 1 aromatic heterocycles.